The molecule has 11 nitrogen and oxygen atoms in total. The molecule has 6 unspecified atom stereocenters. The monoisotopic (exact) mass is 830 g/mol. The highest BCUT2D eigenvalue weighted by atomic mass is 28.4. The lowest BCUT2D eigenvalue weighted by Crippen LogP contribution is -2.66. The van der Waals surface area contributed by atoms with Crippen molar-refractivity contribution in [3.63, 3.8) is 0 Å². The molecule has 59 heavy (non-hydrogen) atoms. The Morgan fingerprint density at radius 3 is 1.44 bits per heavy atom. The van der Waals surface area contributed by atoms with Gasteiger partial charge in [-0.3, -0.25) is 0 Å². The highest BCUT2D eigenvalue weighted by Crippen LogP contribution is 2.38. The summed E-state index contributed by atoms with van der Waals surface area (Å²) in [6.45, 7) is 12.0. The Morgan fingerprint density at radius 2 is 0.966 bits per heavy atom. The van der Waals surface area contributed by atoms with Crippen molar-refractivity contribution in [1.82, 2.24) is 0 Å². The van der Waals surface area contributed by atoms with Crippen LogP contribution in [-0.4, -0.2) is 100 Å². The zero-order valence-corrected chi connectivity index (χ0v) is 36.1. The summed E-state index contributed by atoms with van der Waals surface area (Å²) in [5.41, 5.74) is 3.86. The van der Waals surface area contributed by atoms with Crippen LogP contribution in [0.3, 0.4) is 0 Å². The van der Waals surface area contributed by atoms with E-state index >= 15 is 0 Å². The van der Waals surface area contributed by atoms with Gasteiger partial charge in [0.05, 0.1) is 39.6 Å². The topological polar surface area (TPSA) is 124 Å². The highest BCUT2D eigenvalue weighted by Gasteiger charge is 2.53. The first-order chi connectivity index (χ1) is 28.4. The van der Waals surface area contributed by atoms with Crippen LogP contribution in [0.2, 0.25) is 18.1 Å². The van der Waals surface area contributed by atoms with E-state index in [-0.39, 0.29) is 38.1 Å². The molecule has 6 rings (SSSR count). The molecule has 2 aliphatic rings. The van der Waals surface area contributed by atoms with E-state index in [2.05, 4.69) is 33.9 Å². The Morgan fingerprint density at radius 1 is 0.525 bits per heavy atom. The van der Waals surface area contributed by atoms with Crippen LogP contribution in [0.25, 0.3) is 0 Å². The van der Waals surface area contributed by atoms with E-state index in [0.717, 1.165) is 22.3 Å². The first kappa shape index (κ1) is 45.2. The van der Waals surface area contributed by atoms with Gasteiger partial charge in [-0.25, -0.2) is 0 Å². The molecule has 0 aliphatic carbocycles. The molecule has 0 aromatic heterocycles. The number of aliphatic hydroxyl groups excluding tert-OH is 2. The summed E-state index contributed by atoms with van der Waals surface area (Å²) in [7, 11) is -0.800. The van der Waals surface area contributed by atoms with Crippen LogP contribution in [0.4, 0.5) is 0 Å². The summed E-state index contributed by atoms with van der Waals surface area (Å²) in [4.78, 5) is 0. The molecule has 12 heteroatoms. The van der Waals surface area contributed by atoms with E-state index in [0.29, 0.717) is 6.61 Å². The van der Waals surface area contributed by atoms with Crippen molar-refractivity contribution in [3.05, 3.63) is 144 Å². The van der Waals surface area contributed by atoms with Gasteiger partial charge in [-0.2, -0.15) is 0 Å². The molecule has 10 atom stereocenters. The van der Waals surface area contributed by atoms with Gasteiger partial charge in [-0.15, -0.1) is 0 Å². The third kappa shape index (κ3) is 12.4. The number of benzene rings is 4. The minimum Gasteiger partial charge on any atom is -0.414 e. The molecule has 2 saturated heterocycles. The normalized spacial score (nSPS) is 27.7. The van der Waals surface area contributed by atoms with Crippen LogP contribution in [0.5, 0.6) is 0 Å². The van der Waals surface area contributed by atoms with E-state index in [1.54, 1.807) is 0 Å². The van der Waals surface area contributed by atoms with Crippen molar-refractivity contribution in [2.75, 3.05) is 20.3 Å². The first-order valence-corrected chi connectivity index (χ1v) is 23.4. The van der Waals surface area contributed by atoms with Crippen molar-refractivity contribution in [3.8, 4) is 0 Å². The molecule has 0 radical (unpaired) electrons. The van der Waals surface area contributed by atoms with Crippen molar-refractivity contribution >= 4 is 8.32 Å². The molecule has 0 spiro atoms. The van der Waals surface area contributed by atoms with Crippen LogP contribution in [0, 0.1) is 0 Å². The molecule has 4 aromatic carbocycles. The SMILES string of the molecule is CO[C@H]1OC(CO[Si](C)(C)C(C)(C)C)[C@@H](O)C(O[C@@H]2OC(COCc3ccccc3)[C@@H](OCc3ccccc3)C(OCc3ccccc3)C2OCc2ccccc2)C1O. The Balaban J connectivity index is 1.34. The van der Waals surface area contributed by atoms with Crippen molar-refractivity contribution in [1.29, 1.82) is 0 Å². The number of hydrogen-bond donors (Lipinski definition) is 2. The third-order valence-electron chi connectivity index (χ3n) is 11.4. The minimum absolute atomic E-state index is 0.0760. The lowest BCUT2D eigenvalue weighted by Gasteiger charge is -2.49. The molecule has 0 saturated carbocycles. The standard InChI is InChI=1S/C47H62O11Si/c1-47(2,3)59(5,6)55-32-37-39(48)42(40(49)45(50-4)56-37)58-46-44(54-30-36-25-17-10-18-26-36)43(53-29-35-23-15-9-16-24-35)41(52-28-34-21-13-8-14-22-34)38(57-46)31-51-27-33-19-11-7-12-20-33/h7-26,37-46,48-49H,27-32H2,1-6H3/t37?,38?,39-,40?,41-,42?,43?,44?,45+,46+/m1/s1. The number of methoxy groups -OCH3 is 1. The van der Waals surface area contributed by atoms with Gasteiger partial charge < -0.3 is 52.5 Å². The second kappa shape index (κ2) is 21.4. The van der Waals surface area contributed by atoms with Gasteiger partial charge in [0.25, 0.3) is 0 Å². The van der Waals surface area contributed by atoms with Crippen LogP contribution in [0.15, 0.2) is 121 Å². The maximum Gasteiger partial charge on any atom is 0.192 e. The van der Waals surface area contributed by atoms with Gasteiger partial charge in [0.1, 0.15) is 48.8 Å². The molecule has 0 amide bonds. The largest absolute Gasteiger partial charge is 0.414 e. The maximum atomic E-state index is 11.9. The van der Waals surface area contributed by atoms with Gasteiger partial charge in [0.2, 0.25) is 0 Å². The van der Waals surface area contributed by atoms with Gasteiger partial charge in [-0.1, -0.05) is 142 Å². The second-order valence-electron chi connectivity index (χ2n) is 16.8. The first-order valence-electron chi connectivity index (χ1n) is 20.5. The fourth-order valence-corrected chi connectivity index (χ4v) is 7.93. The van der Waals surface area contributed by atoms with Crippen molar-refractivity contribution in [2.45, 2.75) is 127 Å². The van der Waals surface area contributed by atoms with E-state index in [1.165, 1.54) is 7.11 Å². The van der Waals surface area contributed by atoms with E-state index in [1.807, 2.05) is 121 Å². The Hall–Kier alpha value is -3.34. The number of ether oxygens (including phenoxy) is 8. The summed E-state index contributed by atoms with van der Waals surface area (Å²) < 4.78 is 58.6. The average Bonchev–Trinajstić information content (AvgIpc) is 3.24. The van der Waals surface area contributed by atoms with Gasteiger partial charge in [-0.05, 0) is 40.4 Å². The minimum atomic E-state index is -2.24. The summed E-state index contributed by atoms with van der Waals surface area (Å²) in [5, 5.41) is 23.5. The fraction of sp³-hybridized carbons (Fsp3) is 0.489. The number of hydrogen-bond acceptors (Lipinski definition) is 11. The molecule has 2 fully saturated rings. The molecule has 4 aromatic rings. The smallest absolute Gasteiger partial charge is 0.192 e. The Kier molecular flexibility index (Phi) is 16.4. The molecule has 2 aliphatic heterocycles. The summed E-state index contributed by atoms with van der Waals surface area (Å²) in [6.07, 6.45) is -10.2. The number of rotatable bonds is 19. The highest BCUT2D eigenvalue weighted by molar-refractivity contribution is 6.74. The molecule has 320 valence electrons. The van der Waals surface area contributed by atoms with E-state index in [9.17, 15) is 10.2 Å². The van der Waals surface area contributed by atoms with Gasteiger partial charge >= 0.3 is 0 Å². The summed E-state index contributed by atoms with van der Waals surface area (Å²) in [6, 6.07) is 39.5. The quantitative estimate of drug-likeness (QED) is 0.0935. The number of aliphatic hydroxyl groups is 2. The predicted octanol–water partition coefficient (Wildman–Crippen LogP) is 7.18. The zero-order valence-electron chi connectivity index (χ0n) is 35.1. The van der Waals surface area contributed by atoms with Gasteiger partial charge in [0, 0.05) is 7.11 Å². The van der Waals surface area contributed by atoms with Crippen LogP contribution in [-0.2, 0) is 68.7 Å². The van der Waals surface area contributed by atoms with Crippen LogP contribution < -0.4 is 0 Å². The summed E-state index contributed by atoms with van der Waals surface area (Å²) >= 11 is 0. The van der Waals surface area contributed by atoms with E-state index in [4.69, 9.17) is 42.3 Å². The molecular weight excluding hydrogens is 769 g/mol. The Bertz CT molecular complexity index is 1780. The van der Waals surface area contributed by atoms with Crippen LogP contribution >= 0.6 is 0 Å². The van der Waals surface area contributed by atoms with Crippen molar-refractivity contribution < 1.29 is 52.5 Å². The maximum absolute atomic E-state index is 11.9. The molecule has 0 bridgehead atoms. The lowest BCUT2D eigenvalue weighted by atomic mass is 9.96. The Labute approximate surface area is 350 Å². The fourth-order valence-electron chi connectivity index (χ4n) is 6.91. The second-order valence-corrected chi connectivity index (χ2v) is 21.6. The third-order valence-corrected chi connectivity index (χ3v) is 15.9. The van der Waals surface area contributed by atoms with Crippen molar-refractivity contribution in [2.24, 2.45) is 0 Å². The zero-order chi connectivity index (χ0) is 41.8. The molecule has 2 heterocycles. The summed E-state index contributed by atoms with van der Waals surface area (Å²) in [5.74, 6) is 0. The predicted molar refractivity (Wildman–Crippen MR) is 226 cm³/mol. The van der Waals surface area contributed by atoms with Crippen LogP contribution in [0.1, 0.15) is 43.0 Å². The lowest BCUT2D eigenvalue weighted by molar-refractivity contribution is -0.369. The average molecular weight is 831 g/mol. The molecular formula is C47H62O11Si. The molecule has 2 N–H and O–H groups in total. The van der Waals surface area contributed by atoms with Gasteiger partial charge in [0.15, 0.2) is 20.9 Å². The van der Waals surface area contributed by atoms with E-state index < -0.39 is 69.7 Å².